The molecule has 1 aromatic carbocycles. The fourth-order valence-electron chi connectivity index (χ4n) is 1.62. The van der Waals surface area contributed by atoms with Crippen LogP contribution in [0.25, 0.3) is 0 Å². The van der Waals surface area contributed by atoms with Gasteiger partial charge in [0.1, 0.15) is 5.75 Å². The number of benzene rings is 1. The molecular formula is C13H14O5. The van der Waals surface area contributed by atoms with Crippen LogP contribution >= 0.6 is 0 Å². The molecule has 0 aliphatic carbocycles. The molecule has 1 aromatic rings. The zero-order chi connectivity index (χ0) is 13.7. The van der Waals surface area contributed by atoms with E-state index in [9.17, 15) is 9.59 Å². The summed E-state index contributed by atoms with van der Waals surface area (Å²) in [6, 6.07) is 5.99. The lowest BCUT2D eigenvalue weighted by Gasteiger charge is -2.07. The van der Waals surface area contributed by atoms with Crippen LogP contribution in [0.2, 0.25) is 0 Å². The fourth-order valence-corrected chi connectivity index (χ4v) is 1.62. The van der Waals surface area contributed by atoms with E-state index in [1.807, 2.05) is 0 Å². The molecule has 0 spiro atoms. The van der Waals surface area contributed by atoms with Gasteiger partial charge >= 0.3 is 11.9 Å². The third-order valence-electron chi connectivity index (χ3n) is 2.55. The van der Waals surface area contributed by atoms with Crippen LogP contribution in [-0.4, -0.2) is 27.3 Å². The molecule has 0 amide bonds. The summed E-state index contributed by atoms with van der Waals surface area (Å²) >= 11 is 0. The molecule has 0 radical (unpaired) electrons. The van der Waals surface area contributed by atoms with Crippen molar-refractivity contribution in [2.75, 3.05) is 0 Å². The van der Waals surface area contributed by atoms with Gasteiger partial charge in [-0.05, 0) is 24.1 Å². The molecule has 96 valence electrons. The Labute approximate surface area is 104 Å². The highest BCUT2D eigenvalue weighted by Gasteiger charge is 2.18. The topological polar surface area (TPSA) is 94.8 Å². The predicted octanol–water partition coefficient (Wildman–Crippen LogP) is 1.81. The number of carboxylic acids is 2. The maximum Gasteiger partial charge on any atom is 0.332 e. The Morgan fingerprint density at radius 2 is 1.50 bits per heavy atom. The number of rotatable bonds is 5. The molecule has 0 saturated heterocycles. The first-order chi connectivity index (χ1) is 8.45. The number of carbonyl (C=O) groups is 2. The van der Waals surface area contributed by atoms with E-state index in [4.69, 9.17) is 15.3 Å². The van der Waals surface area contributed by atoms with Gasteiger partial charge in [0, 0.05) is 12.0 Å². The normalized spacial score (nSPS) is 11.8. The lowest BCUT2D eigenvalue weighted by molar-refractivity contribution is -0.136. The quantitative estimate of drug-likeness (QED) is 0.693. The van der Waals surface area contributed by atoms with E-state index in [1.165, 1.54) is 12.1 Å². The lowest BCUT2D eigenvalue weighted by atomic mass is 9.98. The molecule has 0 saturated carbocycles. The first-order valence-corrected chi connectivity index (χ1v) is 5.42. The summed E-state index contributed by atoms with van der Waals surface area (Å²) in [5.74, 6) is -2.37. The van der Waals surface area contributed by atoms with Gasteiger partial charge in [0.2, 0.25) is 0 Å². The van der Waals surface area contributed by atoms with Crippen molar-refractivity contribution in [2.45, 2.75) is 19.8 Å². The lowest BCUT2D eigenvalue weighted by Crippen LogP contribution is -2.13. The Balaban J connectivity index is 3.11. The van der Waals surface area contributed by atoms with Crippen LogP contribution in [-0.2, 0) is 16.0 Å². The van der Waals surface area contributed by atoms with E-state index < -0.39 is 11.9 Å². The molecule has 0 fully saturated rings. The monoisotopic (exact) mass is 250 g/mol. The summed E-state index contributed by atoms with van der Waals surface area (Å²) in [4.78, 5) is 22.1. The van der Waals surface area contributed by atoms with Crippen molar-refractivity contribution in [1.29, 1.82) is 0 Å². The number of aromatic hydroxyl groups is 1. The molecule has 1 rings (SSSR count). The maximum atomic E-state index is 11.1. The second kappa shape index (κ2) is 5.86. The molecule has 0 aliphatic heterocycles. The van der Waals surface area contributed by atoms with Crippen LogP contribution in [0.1, 0.15) is 18.9 Å². The molecule has 0 unspecified atom stereocenters. The van der Waals surface area contributed by atoms with Crippen LogP contribution in [0, 0.1) is 0 Å². The summed E-state index contributed by atoms with van der Waals surface area (Å²) < 4.78 is 0. The first kappa shape index (κ1) is 13.8. The van der Waals surface area contributed by atoms with E-state index >= 15 is 0 Å². The number of carboxylic acid groups (broad SMARTS) is 2. The third-order valence-corrected chi connectivity index (χ3v) is 2.55. The fraction of sp³-hybridized carbons (Fsp3) is 0.231. The smallest absolute Gasteiger partial charge is 0.332 e. The van der Waals surface area contributed by atoms with Crippen molar-refractivity contribution in [3.8, 4) is 5.75 Å². The molecule has 18 heavy (non-hydrogen) atoms. The summed E-state index contributed by atoms with van der Waals surface area (Å²) in [6.07, 6.45) is 0.167. The summed E-state index contributed by atoms with van der Waals surface area (Å²) in [6.45, 7) is 1.60. The second-order valence-electron chi connectivity index (χ2n) is 3.76. The Bertz CT molecular complexity index is 485. The van der Waals surface area contributed by atoms with E-state index in [-0.39, 0.29) is 29.7 Å². The molecule has 0 bridgehead atoms. The third kappa shape index (κ3) is 3.35. The van der Waals surface area contributed by atoms with Crippen LogP contribution < -0.4 is 0 Å². The summed E-state index contributed by atoms with van der Waals surface area (Å²) in [5, 5.41) is 27.1. The molecule has 5 nitrogen and oxygen atoms in total. The van der Waals surface area contributed by atoms with Crippen LogP contribution in [0.15, 0.2) is 35.4 Å². The van der Waals surface area contributed by atoms with Crippen molar-refractivity contribution in [2.24, 2.45) is 0 Å². The zero-order valence-electron chi connectivity index (χ0n) is 9.88. The minimum atomic E-state index is -1.23. The van der Waals surface area contributed by atoms with E-state index in [1.54, 1.807) is 19.1 Å². The highest BCUT2D eigenvalue weighted by molar-refractivity contribution is 5.99. The molecular weight excluding hydrogens is 236 g/mol. The Morgan fingerprint density at radius 1 is 1.00 bits per heavy atom. The minimum absolute atomic E-state index is 0.0189. The first-order valence-electron chi connectivity index (χ1n) is 5.42. The molecule has 0 atom stereocenters. The van der Waals surface area contributed by atoms with Gasteiger partial charge in [-0.2, -0.15) is 0 Å². The highest BCUT2D eigenvalue weighted by atomic mass is 16.4. The van der Waals surface area contributed by atoms with E-state index in [0.29, 0.717) is 5.56 Å². The Hall–Kier alpha value is -2.30. The number of phenols is 1. The standard InChI is InChI=1S/C13H14O5/c1-2-10(12(15)16)11(13(17)18)7-8-3-5-9(14)6-4-8/h3-6,14H,2,7H2,1H3,(H,15,16)(H,17,18). The summed E-state index contributed by atoms with van der Waals surface area (Å²) in [7, 11) is 0. The van der Waals surface area contributed by atoms with Crippen molar-refractivity contribution in [1.82, 2.24) is 0 Å². The van der Waals surface area contributed by atoms with E-state index in [0.717, 1.165) is 0 Å². The largest absolute Gasteiger partial charge is 0.508 e. The summed E-state index contributed by atoms with van der Waals surface area (Å²) in [5.41, 5.74) is 0.406. The molecule has 0 heterocycles. The average Bonchev–Trinajstić information content (AvgIpc) is 2.30. The molecule has 0 aromatic heterocycles. The van der Waals surface area contributed by atoms with Gasteiger partial charge in [0.25, 0.3) is 0 Å². The van der Waals surface area contributed by atoms with Gasteiger partial charge in [-0.3, -0.25) is 0 Å². The number of hydrogen-bond donors (Lipinski definition) is 3. The van der Waals surface area contributed by atoms with Crippen LogP contribution in [0.5, 0.6) is 5.75 Å². The van der Waals surface area contributed by atoms with Crippen molar-refractivity contribution in [3.63, 3.8) is 0 Å². The zero-order valence-corrected chi connectivity index (χ0v) is 9.88. The Kier molecular flexibility index (Phi) is 4.48. The van der Waals surface area contributed by atoms with Crippen molar-refractivity contribution >= 4 is 11.9 Å². The van der Waals surface area contributed by atoms with Gasteiger partial charge in [-0.25, -0.2) is 9.59 Å². The van der Waals surface area contributed by atoms with Gasteiger partial charge in [0.15, 0.2) is 0 Å². The van der Waals surface area contributed by atoms with Crippen molar-refractivity contribution in [3.05, 3.63) is 41.0 Å². The Morgan fingerprint density at radius 3 is 1.89 bits per heavy atom. The molecule has 0 aliphatic rings. The van der Waals surface area contributed by atoms with Crippen LogP contribution in [0.4, 0.5) is 0 Å². The molecule has 3 N–H and O–H groups in total. The van der Waals surface area contributed by atoms with Gasteiger partial charge < -0.3 is 15.3 Å². The van der Waals surface area contributed by atoms with Gasteiger partial charge in [0.05, 0.1) is 5.57 Å². The maximum absolute atomic E-state index is 11.1. The van der Waals surface area contributed by atoms with Crippen molar-refractivity contribution < 1.29 is 24.9 Å². The minimum Gasteiger partial charge on any atom is -0.508 e. The second-order valence-corrected chi connectivity index (χ2v) is 3.76. The highest BCUT2D eigenvalue weighted by Crippen LogP contribution is 2.18. The SMILES string of the molecule is CCC(C(=O)O)=C(Cc1ccc(O)cc1)C(=O)O. The predicted molar refractivity (Wildman–Crippen MR) is 64.4 cm³/mol. The van der Waals surface area contributed by atoms with Gasteiger partial charge in [-0.1, -0.05) is 19.1 Å². The average molecular weight is 250 g/mol. The van der Waals surface area contributed by atoms with E-state index in [2.05, 4.69) is 0 Å². The van der Waals surface area contributed by atoms with Crippen LogP contribution in [0.3, 0.4) is 0 Å². The number of aliphatic carboxylic acids is 2. The number of phenolic OH excluding ortho intramolecular Hbond substituents is 1. The molecule has 5 heteroatoms. The van der Waals surface area contributed by atoms with Gasteiger partial charge in [-0.15, -0.1) is 0 Å². The number of hydrogen-bond acceptors (Lipinski definition) is 3.